The Morgan fingerprint density at radius 1 is 1.32 bits per heavy atom. The molecule has 114 valence electrons. The van der Waals surface area contributed by atoms with E-state index in [2.05, 4.69) is 4.98 Å². The molecule has 0 radical (unpaired) electrons. The van der Waals surface area contributed by atoms with Crippen molar-refractivity contribution in [1.29, 1.82) is 0 Å². The number of amides is 1. The number of nitrogens with zero attached hydrogens (tertiary/aromatic N) is 2. The lowest BCUT2D eigenvalue weighted by Gasteiger charge is -2.12. The van der Waals surface area contributed by atoms with E-state index in [4.69, 9.17) is 21.8 Å². The molecule has 0 spiro atoms. The fourth-order valence-electron chi connectivity index (χ4n) is 1.83. The van der Waals surface area contributed by atoms with Gasteiger partial charge in [0.1, 0.15) is 18.1 Å². The number of nitrogens with one attached hydrogen (secondary N) is 1. The largest absolute Gasteiger partial charge is 0.480 e. The molecule has 9 heteroatoms. The molecular formula is C13H10ClN3O5. The molecule has 0 saturated carbocycles. The molecule has 0 bridgehead atoms. The van der Waals surface area contributed by atoms with Gasteiger partial charge in [0, 0.05) is 10.6 Å². The lowest BCUT2D eigenvalue weighted by molar-refractivity contribution is -0.137. The molecule has 1 heterocycles. The molecular weight excluding hydrogens is 314 g/mol. The zero-order chi connectivity index (χ0) is 16.3. The van der Waals surface area contributed by atoms with Gasteiger partial charge in [-0.05, 0) is 12.1 Å². The van der Waals surface area contributed by atoms with Crippen LogP contribution in [0.15, 0.2) is 35.3 Å². The van der Waals surface area contributed by atoms with Crippen molar-refractivity contribution in [3.05, 3.63) is 45.8 Å². The van der Waals surface area contributed by atoms with Gasteiger partial charge in [0.2, 0.25) is 0 Å². The Bertz CT molecular complexity index is 803. The van der Waals surface area contributed by atoms with Gasteiger partial charge in [0.15, 0.2) is 0 Å². The third-order valence-electron chi connectivity index (χ3n) is 2.66. The third-order valence-corrected chi connectivity index (χ3v) is 2.90. The molecule has 8 nitrogen and oxygen atoms in total. The first-order chi connectivity index (χ1) is 10.4. The van der Waals surface area contributed by atoms with Crippen molar-refractivity contribution in [2.24, 2.45) is 0 Å². The maximum absolute atomic E-state index is 12.2. The first-order valence-electron chi connectivity index (χ1n) is 5.96. The Morgan fingerprint density at radius 2 is 2.05 bits per heavy atom. The van der Waals surface area contributed by atoms with E-state index in [0.29, 0.717) is 10.6 Å². The summed E-state index contributed by atoms with van der Waals surface area (Å²) in [6.07, 6.45) is -0.415. The van der Waals surface area contributed by atoms with Crippen LogP contribution in [0.4, 0.5) is 10.5 Å². The molecule has 1 aromatic carbocycles. The van der Waals surface area contributed by atoms with Crippen LogP contribution in [0.25, 0.3) is 11.4 Å². The average molecular weight is 324 g/mol. The summed E-state index contributed by atoms with van der Waals surface area (Å²) >= 11 is 5.87. The summed E-state index contributed by atoms with van der Waals surface area (Å²) in [5.74, 6) is -1.19. The molecule has 3 N–H and O–H groups in total. The summed E-state index contributed by atoms with van der Waals surface area (Å²) in [7, 11) is 0. The van der Waals surface area contributed by atoms with E-state index < -0.39 is 24.2 Å². The second kappa shape index (κ2) is 6.27. The number of carbonyl (C=O) groups is 2. The minimum absolute atomic E-state index is 0.0749. The second-order valence-corrected chi connectivity index (χ2v) is 4.66. The molecule has 0 aliphatic heterocycles. The van der Waals surface area contributed by atoms with E-state index in [0.717, 1.165) is 10.8 Å². The molecule has 0 fully saturated rings. The number of rotatable bonds is 4. The van der Waals surface area contributed by atoms with Crippen molar-refractivity contribution < 1.29 is 19.8 Å². The van der Waals surface area contributed by atoms with Gasteiger partial charge in [-0.1, -0.05) is 23.7 Å². The fraction of sp³-hybridized carbons (Fsp3) is 0.0769. The Hall–Kier alpha value is -2.87. The maximum Gasteiger partial charge on any atom is 0.409 e. The molecule has 2 aromatic rings. The van der Waals surface area contributed by atoms with E-state index in [1.807, 2.05) is 5.32 Å². The molecule has 0 atom stereocenters. The molecule has 1 aromatic heterocycles. The Morgan fingerprint density at radius 3 is 2.64 bits per heavy atom. The molecule has 22 heavy (non-hydrogen) atoms. The lowest BCUT2D eigenvalue weighted by Crippen LogP contribution is -2.29. The number of aromatic nitrogens is 2. The topological polar surface area (TPSA) is 122 Å². The zero-order valence-corrected chi connectivity index (χ0v) is 11.7. The number of carboxylic acids is 1. The molecule has 0 aliphatic rings. The average Bonchev–Trinajstić information content (AvgIpc) is 2.42. The van der Waals surface area contributed by atoms with Gasteiger partial charge >= 0.3 is 12.1 Å². The molecule has 1 amide bonds. The van der Waals surface area contributed by atoms with E-state index in [-0.39, 0.29) is 11.5 Å². The number of aliphatic carboxylic acids is 1. The molecule has 2 rings (SSSR count). The standard InChI is InChI=1S/C13H10ClN3O5/c14-8-3-1-2-7(4-8)11-15-5-9(16-13(21)22)12(20)17(11)6-10(18)19/h1-5,16H,6H2,(H,18,19)(H,21,22). The van der Waals surface area contributed by atoms with E-state index >= 15 is 0 Å². The summed E-state index contributed by atoms with van der Waals surface area (Å²) < 4.78 is 0.860. The van der Waals surface area contributed by atoms with Crippen molar-refractivity contribution in [2.75, 3.05) is 5.32 Å². The molecule has 0 saturated heterocycles. The van der Waals surface area contributed by atoms with Gasteiger partial charge in [0.05, 0.1) is 6.20 Å². The minimum atomic E-state index is -1.45. The van der Waals surface area contributed by atoms with Crippen LogP contribution in [0, 0.1) is 0 Å². The van der Waals surface area contributed by atoms with Crippen LogP contribution in [0.5, 0.6) is 0 Å². The van der Waals surface area contributed by atoms with Crippen molar-refractivity contribution in [3.63, 3.8) is 0 Å². The van der Waals surface area contributed by atoms with Crippen molar-refractivity contribution >= 4 is 29.4 Å². The first-order valence-corrected chi connectivity index (χ1v) is 6.34. The van der Waals surface area contributed by atoms with Crippen LogP contribution in [-0.4, -0.2) is 31.8 Å². The van der Waals surface area contributed by atoms with Crippen LogP contribution < -0.4 is 10.9 Å². The van der Waals surface area contributed by atoms with Gasteiger partial charge in [0.25, 0.3) is 5.56 Å². The molecule has 0 unspecified atom stereocenters. The van der Waals surface area contributed by atoms with Crippen molar-refractivity contribution in [3.8, 4) is 11.4 Å². The quantitative estimate of drug-likeness (QED) is 0.787. The third kappa shape index (κ3) is 3.41. The van der Waals surface area contributed by atoms with Gasteiger partial charge < -0.3 is 10.2 Å². The Labute approximate surface area is 128 Å². The van der Waals surface area contributed by atoms with E-state index in [9.17, 15) is 14.4 Å². The maximum atomic E-state index is 12.2. The van der Waals surface area contributed by atoms with Crippen LogP contribution in [0.3, 0.4) is 0 Å². The number of hydrogen-bond donors (Lipinski definition) is 3. The number of benzene rings is 1. The zero-order valence-electron chi connectivity index (χ0n) is 11.0. The summed E-state index contributed by atoms with van der Waals surface area (Å²) in [5.41, 5.74) is -0.706. The van der Waals surface area contributed by atoms with Crippen LogP contribution in [0.1, 0.15) is 0 Å². The first kappa shape index (κ1) is 15.5. The lowest BCUT2D eigenvalue weighted by atomic mass is 10.2. The fourth-order valence-corrected chi connectivity index (χ4v) is 2.02. The Kier molecular flexibility index (Phi) is 4.42. The monoisotopic (exact) mass is 323 g/mol. The highest BCUT2D eigenvalue weighted by atomic mass is 35.5. The smallest absolute Gasteiger partial charge is 0.409 e. The summed E-state index contributed by atoms with van der Waals surface area (Å²) in [6, 6.07) is 6.37. The number of halogens is 1. The summed E-state index contributed by atoms with van der Waals surface area (Å²) in [4.78, 5) is 37.8. The van der Waals surface area contributed by atoms with Crippen LogP contribution in [0.2, 0.25) is 5.02 Å². The highest BCUT2D eigenvalue weighted by molar-refractivity contribution is 6.30. The SMILES string of the molecule is O=C(O)Cn1c(-c2cccc(Cl)c2)ncc(NC(=O)O)c1=O. The highest BCUT2D eigenvalue weighted by Crippen LogP contribution is 2.20. The predicted octanol–water partition coefficient (Wildman–Crippen LogP) is 1.74. The predicted molar refractivity (Wildman–Crippen MR) is 78.2 cm³/mol. The second-order valence-electron chi connectivity index (χ2n) is 4.22. The van der Waals surface area contributed by atoms with Gasteiger partial charge in [-0.25, -0.2) is 9.78 Å². The van der Waals surface area contributed by atoms with Crippen LogP contribution >= 0.6 is 11.6 Å². The highest BCUT2D eigenvalue weighted by Gasteiger charge is 2.15. The summed E-state index contributed by atoms with van der Waals surface area (Å²) in [5, 5.41) is 19.9. The number of carboxylic acid groups (broad SMARTS) is 2. The van der Waals surface area contributed by atoms with E-state index in [1.165, 1.54) is 6.07 Å². The molecule has 0 aliphatic carbocycles. The normalized spacial score (nSPS) is 10.2. The van der Waals surface area contributed by atoms with Gasteiger partial charge in [-0.2, -0.15) is 0 Å². The summed E-state index contributed by atoms with van der Waals surface area (Å²) in [6.45, 7) is -0.664. The van der Waals surface area contributed by atoms with Crippen molar-refractivity contribution in [1.82, 2.24) is 9.55 Å². The Balaban J connectivity index is 2.63. The van der Waals surface area contributed by atoms with Gasteiger partial charge in [-0.3, -0.25) is 19.5 Å². The van der Waals surface area contributed by atoms with Crippen molar-refractivity contribution in [2.45, 2.75) is 6.54 Å². The van der Waals surface area contributed by atoms with E-state index in [1.54, 1.807) is 18.2 Å². The minimum Gasteiger partial charge on any atom is -0.480 e. The van der Waals surface area contributed by atoms with Gasteiger partial charge in [-0.15, -0.1) is 0 Å². The van der Waals surface area contributed by atoms with Crippen LogP contribution in [-0.2, 0) is 11.3 Å². The number of hydrogen-bond acceptors (Lipinski definition) is 4. The number of anilines is 1.